The fraction of sp³-hybridized carbons (Fsp3) is 0.632. The Bertz CT molecular complexity index is 766. The van der Waals surface area contributed by atoms with Gasteiger partial charge in [-0.15, -0.1) is 0 Å². The first-order valence-electron chi connectivity index (χ1n) is 9.69. The number of nitrogens with one attached hydrogen (secondary N) is 1. The molecule has 0 spiro atoms. The van der Waals surface area contributed by atoms with E-state index in [1.165, 1.54) is 0 Å². The zero-order valence-electron chi connectivity index (χ0n) is 16.3. The lowest BCUT2D eigenvalue weighted by Crippen LogP contribution is -2.45. The van der Waals surface area contributed by atoms with Crippen molar-refractivity contribution in [3.05, 3.63) is 24.3 Å². The molecule has 9 heteroatoms. The summed E-state index contributed by atoms with van der Waals surface area (Å²) in [6, 6.07) is 7.50. The molecule has 2 aliphatic heterocycles. The predicted molar refractivity (Wildman–Crippen MR) is 115 cm³/mol. The minimum atomic E-state index is -2.98. The molecule has 1 atom stereocenters. The number of sulfone groups is 1. The number of ether oxygens (including phenoxy) is 2. The number of benzene rings is 1. The largest absolute Gasteiger partial charge is 0.497 e. The van der Waals surface area contributed by atoms with Crippen molar-refractivity contribution in [1.82, 2.24) is 9.80 Å². The number of hydrogen-bond acceptors (Lipinski definition) is 6. The van der Waals surface area contributed by atoms with Gasteiger partial charge in [-0.3, -0.25) is 4.90 Å². The van der Waals surface area contributed by atoms with Crippen LogP contribution in [-0.4, -0.2) is 87.4 Å². The topological polar surface area (TPSA) is 71.1 Å². The van der Waals surface area contributed by atoms with Crippen molar-refractivity contribution in [1.29, 1.82) is 0 Å². The second-order valence-corrected chi connectivity index (χ2v) is 9.84. The lowest BCUT2D eigenvalue weighted by molar-refractivity contribution is 0.0366. The molecular weight excluding hydrogens is 398 g/mol. The smallest absolute Gasteiger partial charge is 0.173 e. The van der Waals surface area contributed by atoms with Gasteiger partial charge >= 0.3 is 0 Å². The molecule has 0 unspecified atom stereocenters. The van der Waals surface area contributed by atoms with Crippen LogP contribution in [0.1, 0.15) is 12.8 Å². The number of rotatable bonds is 7. The van der Waals surface area contributed by atoms with E-state index in [4.69, 9.17) is 21.7 Å². The summed E-state index contributed by atoms with van der Waals surface area (Å²) >= 11 is 5.66. The van der Waals surface area contributed by atoms with Crippen LogP contribution in [0.15, 0.2) is 24.3 Å². The molecule has 28 heavy (non-hydrogen) atoms. The molecule has 2 aliphatic rings. The van der Waals surface area contributed by atoms with Crippen LogP contribution < -0.4 is 10.1 Å². The molecule has 156 valence electrons. The molecule has 1 N–H and O–H groups in total. The van der Waals surface area contributed by atoms with Crippen molar-refractivity contribution in [2.75, 3.05) is 63.3 Å². The standard InChI is InChI=1S/C19H29N3O4S2/c1-25-18-5-2-4-16(14-18)20-19(27)22(17-6-13-28(23,24)15-17)8-3-7-21-9-11-26-12-10-21/h2,4-5,14,17H,3,6-13,15H2,1H3,(H,20,27)/t17-/m1/s1. The van der Waals surface area contributed by atoms with Gasteiger partial charge < -0.3 is 19.7 Å². The number of morpholine rings is 1. The molecule has 7 nitrogen and oxygen atoms in total. The van der Waals surface area contributed by atoms with E-state index in [1.54, 1.807) is 7.11 Å². The highest BCUT2D eigenvalue weighted by molar-refractivity contribution is 7.91. The van der Waals surface area contributed by atoms with Gasteiger partial charge in [-0.25, -0.2) is 8.42 Å². The molecule has 0 radical (unpaired) electrons. The fourth-order valence-electron chi connectivity index (χ4n) is 3.66. The lowest BCUT2D eigenvalue weighted by atomic mass is 10.2. The summed E-state index contributed by atoms with van der Waals surface area (Å²) in [7, 11) is -1.36. The summed E-state index contributed by atoms with van der Waals surface area (Å²) in [6.45, 7) is 5.14. The van der Waals surface area contributed by atoms with Crippen LogP contribution in [0, 0.1) is 0 Å². The highest BCUT2D eigenvalue weighted by Gasteiger charge is 2.33. The fourth-order valence-corrected chi connectivity index (χ4v) is 5.75. The molecule has 0 amide bonds. The van der Waals surface area contributed by atoms with Crippen LogP contribution in [0.25, 0.3) is 0 Å². The summed E-state index contributed by atoms with van der Waals surface area (Å²) in [5.41, 5.74) is 0.836. The molecule has 0 saturated carbocycles. The maximum atomic E-state index is 12.0. The number of hydrogen-bond donors (Lipinski definition) is 1. The maximum absolute atomic E-state index is 12.0. The number of nitrogens with zero attached hydrogens (tertiary/aromatic N) is 2. The Balaban J connectivity index is 1.63. The molecule has 0 bridgehead atoms. The Morgan fingerprint density at radius 3 is 2.86 bits per heavy atom. The van der Waals surface area contributed by atoms with E-state index in [-0.39, 0.29) is 17.5 Å². The van der Waals surface area contributed by atoms with E-state index in [2.05, 4.69) is 15.1 Å². The zero-order valence-corrected chi connectivity index (χ0v) is 17.9. The number of methoxy groups -OCH3 is 1. The van der Waals surface area contributed by atoms with Gasteiger partial charge in [-0.1, -0.05) is 6.07 Å². The first kappa shape index (κ1) is 21.3. The van der Waals surface area contributed by atoms with E-state index in [0.29, 0.717) is 11.5 Å². The van der Waals surface area contributed by atoms with E-state index in [1.807, 2.05) is 24.3 Å². The van der Waals surface area contributed by atoms with Gasteiger partial charge in [-0.2, -0.15) is 0 Å². The molecule has 3 rings (SSSR count). The lowest BCUT2D eigenvalue weighted by Gasteiger charge is -2.33. The van der Waals surface area contributed by atoms with Crippen molar-refractivity contribution >= 4 is 32.9 Å². The third-order valence-corrected chi connectivity index (χ3v) is 7.30. The Hall–Kier alpha value is -1.42. The Kier molecular flexibility index (Phi) is 7.50. The van der Waals surface area contributed by atoms with Crippen LogP contribution in [0.4, 0.5) is 5.69 Å². The predicted octanol–water partition coefficient (Wildman–Crippen LogP) is 1.60. The molecular formula is C19H29N3O4S2. The first-order chi connectivity index (χ1) is 13.5. The summed E-state index contributed by atoms with van der Waals surface area (Å²) in [5, 5.41) is 3.83. The zero-order chi connectivity index (χ0) is 20.0. The minimum Gasteiger partial charge on any atom is -0.497 e. The molecule has 1 aromatic rings. The number of thiocarbonyl (C=S) groups is 1. The van der Waals surface area contributed by atoms with Gasteiger partial charge in [0.2, 0.25) is 0 Å². The average molecular weight is 428 g/mol. The Morgan fingerprint density at radius 2 is 2.18 bits per heavy atom. The molecule has 1 aromatic carbocycles. The van der Waals surface area contributed by atoms with E-state index >= 15 is 0 Å². The average Bonchev–Trinajstić information content (AvgIpc) is 3.05. The third kappa shape index (κ3) is 6.04. The van der Waals surface area contributed by atoms with Gasteiger partial charge in [-0.05, 0) is 37.2 Å². The second kappa shape index (κ2) is 9.87. The summed E-state index contributed by atoms with van der Waals surface area (Å²) < 4.78 is 34.7. The monoisotopic (exact) mass is 427 g/mol. The van der Waals surface area contributed by atoms with Crippen molar-refractivity contribution < 1.29 is 17.9 Å². The highest BCUT2D eigenvalue weighted by Crippen LogP contribution is 2.21. The van der Waals surface area contributed by atoms with Gasteiger partial charge in [0.1, 0.15) is 5.75 Å². The van der Waals surface area contributed by atoms with Crippen molar-refractivity contribution in [2.24, 2.45) is 0 Å². The molecule has 2 saturated heterocycles. The van der Waals surface area contributed by atoms with Crippen molar-refractivity contribution in [2.45, 2.75) is 18.9 Å². The first-order valence-corrected chi connectivity index (χ1v) is 11.9. The van der Waals surface area contributed by atoms with Gasteiger partial charge in [0.15, 0.2) is 14.9 Å². The van der Waals surface area contributed by atoms with Crippen LogP contribution in [0.3, 0.4) is 0 Å². The second-order valence-electron chi connectivity index (χ2n) is 7.22. The molecule has 2 fully saturated rings. The normalized spacial score (nSPS) is 22.0. The van der Waals surface area contributed by atoms with E-state index < -0.39 is 9.84 Å². The van der Waals surface area contributed by atoms with Crippen LogP contribution >= 0.6 is 12.2 Å². The van der Waals surface area contributed by atoms with Gasteiger partial charge in [0.25, 0.3) is 0 Å². The highest BCUT2D eigenvalue weighted by atomic mass is 32.2. The summed E-state index contributed by atoms with van der Waals surface area (Å²) in [5.74, 6) is 1.15. The molecule has 2 heterocycles. The molecule has 0 aromatic heterocycles. The van der Waals surface area contributed by atoms with Crippen molar-refractivity contribution in [3.8, 4) is 5.75 Å². The Morgan fingerprint density at radius 1 is 1.39 bits per heavy atom. The number of anilines is 1. The third-order valence-electron chi connectivity index (χ3n) is 5.21. The minimum absolute atomic E-state index is 0.0692. The summed E-state index contributed by atoms with van der Waals surface area (Å²) in [4.78, 5) is 4.44. The van der Waals surface area contributed by atoms with E-state index in [9.17, 15) is 8.42 Å². The molecule has 0 aliphatic carbocycles. The van der Waals surface area contributed by atoms with Crippen LogP contribution in [0.5, 0.6) is 5.75 Å². The van der Waals surface area contributed by atoms with Crippen molar-refractivity contribution in [3.63, 3.8) is 0 Å². The SMILES string of the molecule is COc1cccc(NC(=S)N(CCCN2CCOCC2)[C@@H]2CCS(=O)(=O)C2)c1. The Labute approximate surface area is 172 Å². The van der Waals surface area contributed by atoms with Crippen LogP contribution in [0.2, 0.25) is 0 Å². The van der Waals surface area contributed by atoms with Gasteiger partial charge in [0, 0.05) is 44.0 Å². The summed E-state index contributed by atoms with van der Waals surface area (Å²) in [6.07, 6.45) is 1.55. The maximum Gasteiger partial charge on any atom is 0.173 e. The quantitative estimate of drug-likeness (QED) is 0.658. The van der Waals surface area contributed by atoms with Gasteiger partial charge in [0.05, 0.1) is 31.8 Å². The van der Waals surface area contributed by atoms with E-state index in [0.717, 1.165) is 57.3 Å². The van der Waals surface area contributed by atoms with Crippen LogP contribution in [-0.2, 0) is 14.6 Å².